The molecule has 0 bridgehead atoms. The summed E-state index contributed by atoms with van der Waals surface area (Å²) >= 11 is 0. The zero-order valence-electron chi connectivity index (χ0n) is 18.6. The van der Waals surface area contributed by atoms with E-state index in [2.05, 4.69) is 20.6 Å². The molecule has 0 radical (unpaired) electrons. The van der Waals surface area contributed by atoms with Gasteiger partial charge in [-0.3, -0.25) is 14.6 Å². The highest BCUT2D eigenvalue weighted by Crippen LogP contribution is 2.31. The van der Waals surface area contributed by atoms with E-state index in [4.69, 9.17) is 0 Å². The van der Waals surface area contributed by atoms with Crippen molar-refractivity contribution >= 4 is 29.0 Å². The van der Waals surface area contributed by atoms with E-state index >= 15 is 0 Å². The Bertz CT molecular complexity index is 1140. The van der Waals surface area contributed by atoms with Crippen molar-refractivity contribution in [2.24, 2.45) is 0 Å². The van der Waals surface area contributed by atoms with Gasteiger partial charge in [0.25, 0.3) is 5.91 Å². The Morgan fingerprint density at radius 2 is 1.97 bits per heavy atom. The van der Waals surface area contributed by atoms with Gasteiger partial charge in [-0.15, -0.1) is 0 Å². The molecule has 7 heteroatoms. The van der Waals surface area contributed by atoms with Crippen LogP contribution in [0.5, 0.6) is 0 Å². The Kier molecular flexibility index (Phi) is 6.16. The first kappa shape index (κ1) is 21.5. The van der Waals surface area contributed by atoms with Gasteiger partial charge < -0.3 is 15.5 Å². The van der Waals surface area contributed by atoms with Crippen LogP contribution in [0.15, 0.2) is 54.7 Å². The maximum Gasteiger partial charge on any atom is 0.259 e. The molecule has 1 aliphatic heterocycles. The number of fused-ring (bicyclic) bond motifs is 1. The minimum atomic E-state index is -0.221. The quantitative estimate of drug-likeness (QED) is 0.619. The number of carbonyl (C=O) groups is 2. The average molecular weight is 430 g/mol. The van der Waals surface area contributed by atoms with Gasteiger partial charge >= 0.3 is 0 Å². The molecule has 1 aliphatic rings. The van der Waals surface area contributed by atoms with Crippen LogP contribution in [0.3, 0.4) is 0 Å². The number of nitrogens with zero attached hydrogens (tertiary/aromatic N) is 3. The fourth-order valence-electron chi connectivity index (χ4n) is 3.81. The van der Waals surface area contributed by atoms with Crippen LogP contribution >= 0.6 is 0 Å². The van der Waals surface area contributed by atoms with E-state index in [0.29, 0.717) is 23.6 Å². The normalized spacial score (nSPS) is 12.6. The predicted molar refractivity (Wildman–Crippen MR) is 126 cm³/mol. The third-order valence-corrected chi connectivity index (χ3v) is 5.30. The Morgan fingerprint density at radius 1 is 1.12 bits per heavy atom. The summed E-state index contributed by atoms with van der Waals surface area (Å²) in [6.45, 7) is 6.54. The van der Waals surface area contributed by atoms with Crippen LogP contribution in [0.1, 0.15) is 41.2 Å². The number of nitrogens with one attached hydrogen (secondary N) is 2. The number of aryl methyl sites for hydroxylation is 1. The fourth-order valence-corrected chi connectivity index (χ4v) is 3.81. The van der Waals surface area contributed by atoms with Crippen LogP contribution in [0.4, 0.5) is 17.2 Å². The summed E-state index contributed by atoms with van der Waals surface area (Å²) in [5, 5.41) is 6.21. The van der Waals surface area contributed by atoms with Crippen LogP contribution in [0.25, 0.3) is 0 Å². The lowest BCUT2D eigenvalue weighted by Crippen LogP contribution is -2.30. The van der Waals surface area contributed by atoms with Crippen molar-refractivity contribution in [3.63, 3.8) is 0 Å². The van der Waals surface area contributed by atoms with E-state index in [-0.39, 0.29) is 24.3 Å². The molecule has 0 saturated heterocycles. The number of aromatic nitrogens is 2. The minimum Gasteiger partial charge on any atom is -0.367 e. The number of hydrogen-bond donors (Lipinski definition) is 2. The SMILES string of the molecule is Cc1ccc(C(=O)Nc2ccc3c(c2)CCN3C(=O)Cc2ccccn2)c(NC(C)C)n1. The molecule has 0 saturated carbocycles. The standard InChI is InChI=1S/C25H27N5O2/c1-16(2)27-24-21(9-7-17(3)28-24)25(32)29-20-8-10-22-18(14-20)11-13-30(22)23(31)15-19-6-4-5-12-26-19/h4-10,12,14,16H,11,13,15H2,1-3H3,(H,27,28)(H,29,32). The molecule has 4 rings (SSSR count). The molecule has 2 amide bonds. The van der Waals surface area contributed by atoms with Crippen molar-refractivity contribution in [1.82, 2.24) is 9.97 Å². The molecule has 0 atom stereocenters. The van der Waals surface area contributed by atoms with Gasteiger partial charge in [0.2, 0.25) is 5.91 Å². The molecule has 7 nitrogen and oxygen atoms in total. The van der Waals surface area contributed by atoms with Crippen molar-refractivity contribution in [3.05, 3.63) is 77.2 Å². The number of pyridine rings is 2. The highest BCUT2D eigenvalue weighted by Gasteiger charge is 2.25. The Hall–Kier alpha value is -3.74. The summed E-state index contributed by atoms with van der Waals surface area (Å²) < 4.78 is 0. The van der Waals surface area contributed by atoms with E-state index in [9.17, 15) is 9.59 Å². The number of benzene rings is 1. The molecular weight excluding hydrogens is 402 g/mol. The van der Waals surface area contributed by atoms with Crippen LogP contribution in [-0.2, 0) is 17.6 Å². The van der Waals surface area contributed by atoms with Gasteiger partial charge in [0, 0.05) is 41.5 Å². The molecular formula is C25H27N5O2. The molecule has 0 fully saturated rings. The predicted octanol–water partition coefficient (Wildman–Crippen LogP) is 3.99. The topological polar surface area (TPSA) is 87.2 Å². The maximum absolute atomic E-state index is 12.9. The number of carbonyl (C=O) groups excluding carboxylic acids is 2. The van der Waals surface area contributed by atoms with E-state index in [1.54, 1.807) is 17.2 Å². The molecule has 0 aliphatic carbocycles. The van der Waals surface area contributed by atoms with Gasteiger partial charge in [-0.05, 0) is 75.2 Å². The van der Waals surface area contributed by atoms with Crippen molar-refractivity contribution in [1.29, 1.82) is 0 Å². The number of hydrogen-bond acceptors (Lipinski definition) is 5. The van der Waals surface area contributed by atoms with Crippen LogP contribution in [0.2, 0.25) is 0 Å². The van der Waals surface area contributed by atoms with Crippen molar-refractivity contribution in [2.45, 2.75) is 39.7 Å². The lowest BCUT2D eigenvalue weighted by atomic mass is 10.1. The lowest BCUT2D eigenvalue weighted by molar-refractivity contribution is -0.117. The second-order valence-electron chi connectivity index (χ2n) is 8.24. The highest BCUT2D eigenvalue weighted by atomic mass is 16.2. The second-order valence-corrected chi connectivity index (χ2v) is 8.24. The third-order valence-electron chi connectivity index (χ3n) is 5.30. The molecule has 2 N–H and O–H groups in total. The molecule has 32 heavy (non-hydrogen) atoms. The first-order valence-corrected chi connectivity index (χ1v) is 10.8. The minimum absolute atomic E-state index is 0.0226. The van der Waals surface area contributed by atoms with Gasteiger partial charge in [-0.1, -0.05) is 6.07 Å². The molecule has 3 heterocycles. The van der Waals surface area contributed by atoms with E-state index < -0.39 is 0 Å². The van der Waals surface area contributed by atoms with E-state index in [1.807, 2.05) is 63.2 Å². The van der Waals surface area contributed by atoms with Gasteiger partial charge in [-0.2, -0.15) is 0 Å². The van der Waals surface area contributed by atoms with Gasteiger partial charge in [-0.25, -0.2) is 4.98 Å². The number of rotatable bonds is 6. The van der Waals surface area contributed by atoms with E-state index in [1.165, 1.54) is 0 Å². The summed E-state index contributed by atoms with van der Waals surface area (Å²) in [5.74, 6) is 0.376. The molecule has 0 unspecified atom stereocenters. The summed E-state index contributed by atoms with van der Waals surface area (Å²) in [7, 11) is 0. The van der Waals surface area contributed by atoms with Crippen LogP contribution in [-0.4, -0.2) is 34.4 Å². The first-order chi connectivity index (χ1) is 15.4. The Morgan fingerprint density at radius 3 is 2.72 bits per heavy atom. The first-order valence-electron chi connectivity index (χ1n) is 10.8. The highest BCUT2D eigenvalue weighted by molar-refractivity contribution is 6.07. The monoisotopic (exact) mass is 429 g/mol. The average Bonchev–Trinajstić information content (AvgIpc) is 3.17. The molecule has 0 spiro atoms. The Balaban J connectivity index is 1.49. The van der Waals surface area contributed by atoms with Gasteiger partial charge in [0.05, 0.1) is 12.0 Å². The van der Waals surface area contributed by atoms with Gasteiger partial charge in [0.15, 0.2) is 0 Å². The lowest BCUT2D eigenvalue weighted by Gasteiger charge is -2.18. The molecule has 164 valence electrons. The van der Waals surface area contributed by atoms with Crippen molar-refractivity contribution < 1.29 is 9.59 Å². The summed E-state index contributed by atoms with van der Waals surface area (Å²) in [6, 6.07) is 15.0. The maximum atomic E-state index is 12.9. The summed E-state index contributed by atoms with van der Waals surface area (Å²) in [6.07, 6.45) is 2.71. The molecule has 2 aromatic heterocycles. The number of anilines is 3. The van der Waals surface area contributed by atoms with E-state index in [0.717, 1.165) is 29.1 Å². The van der Waals surface area contributed by atoms with Crippen molar-refractivity contribution in [2.75, 3.05) is 22.1 Å². The zero-order chi connectivity index (χ0) is 22.7. The van der Waals surface area contributed by atoms with Crippen LogP contribution < -0.4 is 15.5 Å². The largest absolute Gasteiger partial charge is 0.367 e. The third kappa shape index (κ3) is 4.77. The summed E-state index contributed by atoms with van der Waals surface area (Å²) in [4.78, 5) is 36.2. The number of amides is 2. The van der Waals surface area contributed by atoms with Gasteiger partial charge in [0.1, 0.15) is 5.82 Å². The molecule has 3 aromatic rings. The molecule has 1 aromatic carbocycles. The Labute approximate surface area is 187 Å². The van der Waals surface area contributed by atoms with Crippen LogP contribution in [0, 0.1) is 6.92 Å². The smallest absolute Gasteiger partial charge is 0.259 e. The second kappa shape index (κ2) is 9.18. The zero-order valence-corrected chi connectivity index (χ0v) is 18.6. The fraction of sp³-hybridized carbons (Fsp3) is 0.280. The summed E-state index contributed by atoms with van der Waals surface area (Å²) in [5.41, 5.74) is 4.73. The van der Waals surface area contributed by atoms with Crippen molar-refractivity contribution in [3.8, 4) is 0 Å².